The van der Waals surface area contributed by atoms with Crippen LogP contribution in [0.15, 0.2) is 23.6 Å². The molecule has 6 nitrogen and oxygen atoms in total. The summed E-state index contributed by atoms with van der Waals surface area (Å²) in [5.74, 6) is -3.30. The number of hydrogen-bond acceptors (Lipinski definition) is 4. The van der Waals surface area contributed by atoms with Crippen LogP contribution in [0, 0.1) is 11.8 Å². The molecule has 1 aliphatic carbocycles. The second-order valence-corrected chi connectivity index (χ2v) is 6.09. The minimum absolute atomic E-state index is 0.325. The average molecular weight is 322 g/mol. The molecule has 2 amide bonds. The number of carboxylic acids is 1. The fourth-order valence-corrected chi connectivity index (χ4v) is 3.16. The first kappa shape index (κ1) is 16.2. The van der Waals surface area contributed by atoms with E-state index in [0.29, 0.717) is 18.4 Å². The predicted octanol–water partition coefficient (Wildman–Crippen LogP) is 1.74. The van der Waals surface area contributed by atoms with Gasteiger partial charge in [-0.2, -0.15) is 0 Å². The van der Waals surface area contributed by atoms with Gasteiger partial charge in [0.25, 0.3) is 5.91 Å². The minimum atomic E-state index is -0.999. The highest BCUT2D eigenvalue weighted by Crippen LogP contribution is 2.25. The maximum Gasteiger partial charge on any atom is 0.307 e. The standard InChI is InChI=1S/C15H18N2O4S/c1-2-10-7-9(8-22-10)13(18)16-17-14(19)11-5-3-4-6-12(11)15(20)21/h3-4,7-8,11-12H,2,5-6H2,1H3,(H,16,18)(H,17,19)(H,20,21)/t11-,12+/m0/s1. The highest BCUT2D eigenvalue weighted by molar-refractivity contribution is 7.10. The van der Waals surface area contributed by atoms with Gasteiger partial charge < -0.3 is 5.11 Å². The highest BCUT2D eigenvalue weighted by Gasteiger charge is 2.34. The molecule has 0 radical (unpaired) electrons. The Balaban J connectivity index is 1.92. The summed E-state index contributed by atoms with van der Waals surface area (Å²) in [7, 11) is 0. The van der Waals surface area contributed by atoms with Crippen LogP contribution in [0.4, 0.5) is 0 Å². The number of aryl methyl sites for hydroxylation is 1. The van der Waals surface area contributed by atoms with Gasteiger partial charge in [0.15, 0.2) is 0 Å². The fraction of sp³-hybridized carbons (Fsp3) is 0.400. The van der Waals surface area contributed by atoms with E-state index in [4.69, 9.17) is 5.11 Å². The normalized spacial score (nSPS) is 20.4. The lowest BCUT2D eigenvalue weighted by molar-refractivity contribution is -0.147. The van der Waals surface area contributed by atoms with Crippen LogP contribution in [0.5, 0.6) is 0 Å². The third-order valence-corrected chi connectivity index (χ3v) is 4.73. The van der Waals surface area contributed by atoms with Crippen molar-refractivity contribution in [2.45, 2.75) is 26.2 Å². The van der Waals surface area contributed by atoms with Gasteiger partial charge in [-0.1, -0.05) is 19.1 Å². The molecule has 0 bridgehead atoms. The fourth-order valence-electron chi connectivity index (χ4n) is 2.35. The number of aliphatic carboxylic acids is 1. The monoisotopic (exact) mass is 322 g/mol. The SMILES string of the molecule is CCc1cc(C(=O)NNC(=O)[C@H]2CC=CC[C@H]2C(=O)O)cs1. The second-order valence-electron chi connectivity index (χ2n) is 5.09. The van der Waals surface area contributed by atoms with Crippen LogP contribution in [0.1, 0.15) is 35.0 Å². The van der Waals surface area contributed by atoms with E-state index in [2.05, 4.69) is 10.9 Å². The Bertz CT molecular complexity index is 608. The molecule has 2 atom stereocenters. The maximum absolute atomic E-state index is 12.1. The van der Waals surface area contributed by atoms with Gasteiger partial charge in [0, 0.05) is 10.3 Å². The van der Waals surface area contributed by atoms with Crippen molar-refractivity contribution < 1.29 is 19.5 Å². The third-order valence-electron chi connectivity index (χ3n) is 3.65. The molecule has 3 N–H and O–H groups in total. The van der Waals surface area contributed by atoms with Crippen LogP contribution in [0.2, 0.25) is 0 Å². The Morgan fingerprint density at radius 3 is 2.50 bits per heavy atom. The maximum atomic E-state index is 12.1. The van der Waals surface area contributed by atoms with Crippen LogP contribution < -0.4 is 10.9 Å². The smallest absolute Gasteiger partial charge is 0.307 e. The molecule has 118 valence electrons. The molecular weight excluding hydrogens is 304 g/mol. The summed E-state index contributed by atoms with van der Waals surface area (Å²) < 4.78 is 0. The van der Waals surface area contributed by atoms with Crippen molar-refractivity contribution >= 4 is 29.1 Å². The van der Waals surface area contributed by atoms with Gasteiger partial charge in [-0.3, -0.25) is 25.2 Å². The molecule has 0 saturated heterocycles. The molecule has 0 fully saturated rings. The summed E-state index contributed by atoms with van der Waals surface area (Å²) in [4.78, 5) is 36.3. The summed E-state index contributed by atoms with van der Waals surface area (Å²) in [6.45, 7) is 2.00. The summed E-state index contributed by atoms with van der Waals surface area (Å²) in [6.07, 6.45) is 5.08. The number of carboxylic acid groups (broad SMARTS) is 1. The van der Waals surface area contributed by atoms with E-state index < -0.39 is 29.6 Å². The number of allylic oxidation sites excluding steroid dienone is 2. The van der Waals surface area contributed by atoms with Crippen LogP contribution in [0.3, 0.4) is 0 Å². The van der Waals surface area contributed by atoms with E-state index in [1.54, 1.807) is 23.6 Å². The molecule has 1 heterocycles. The first-order valence-corrected chi connectivity index (χ1v) is 7.96. The highest BCUT2D eigenvalue weighted by atomic mass is 32.1. The number of amides is 2. The van der Waals surface area contributed by atoms with Crippen molar-refractivity contribution in [3.8, 4) is 0 Å². The molecule has 0 saturated carbocycles. The van der Waals surface area contributed by atoms with E-state index in [0.717, 1.165) is 11.3 Å². The van der Waals surface area contributed by atoms with Gasteiger partial charge in [0.1, 0.15) is 0 Å². The first-order chi connectivity index (χ1) is 10.5. The van der Waals surface area contributed by atoms with Crippen molar-refractivity contribution in [1.82, 2.24) is 10.9 Å². The lowest BCUT2D eigenvalue weighted by Crippen LogP contribution is -2.47. The van der Waals surface area contributed by atoms with E-state index >= 15 is 0 Å². The summed E-state index contributed by atoms with van der Waals surface area (Å²) in [5.41, 5.74) is 5.16. The molecule has 0 aliphatic heterocycles. The number of thiophene rings is 1. The molecule has 0 unspecified atom stereocenters. The number of carbonyl (C=O) groups excluding carboxylic acids is 2. The Morgan fingerprint density at radius 1 is 1.23 bits per heavy atom. The van der Waals surface area contributed by atoms with Crippen molar-refractivity contribution in [3.05, 3.63) is 34.0 Å². The van der Waals surface area contributed by atoms with Crippen LogP contribution in [-0.4, -0.2) is 22.9 Å². The Kier molecular flexibility index (Phi) is 5.32. The second kappa shape index (κ2) is 7.22. The van der Waals surface area contributed by atoms with E-state index in [9.17, 15) is 14.4 Å². The molecule has 22 heavy (non-hydrogen) atoms. The summed E-state index contributed by atoms with van der Waals surface area (Å²) >= 11 is 1.48. The van der Waals surface area contributed by atoms with Gasteiger partial charge in [-0.15, -0.1) is 11.3 Å². The van der Waals surface area contributed by atoms with Crippen LogP contribution >= 0.6 is 11.3 Å². The number of carbonyl (C=O) groups is 3. The lowest BCUT2D eigenvalue weighted by atomic mass is 9.82. The van der Waals surface area contributed by atoms with Gasteiger partial charge in [0.2, 0.25) is 5.91 Å². The van der Waals surface area contributed by atoms with Gasteiger partial charge in [0.05, 0.1) is 17.4 Å². The van der Waals surface area contributed by atoms with Gasteiger partial charge in [-0.25, -0.2) is 0 Å². The molecule has 0 aromatic carbocycles. The molecule has 1 aliphatic rings. The third kappa shape index (κ3) is 3.73. The Hall–Kier alpha value is -2.15. The van der Waals surface area contributed by atoms with Crippen molar-refractivity contribution in [3.63, 3.8) is 0 Å². The minimum Gasteiger partial charge on any atom is -0.481 e. The van der Waals surface area contributed by atoms with Gasteiger partial charge >= 0.3 is 5.97 Å². The molecule has 2 rings (SSSR count). The molecule has 1 aromatic heterocycles. The quantitative estimate of drug-likeness (QED) is 0.581. The zero-order valence-corrected chi connectivity index (χ0v) is 13.0. The topological polar surface area (TPSA) is 95.5 Å². The summed E-state index contributed by atoms with van der Waals surface area (Å²) in [5, 5.41) is 10.9. The molecule has 7 heteroatoms. The van der Waals surface area contributed by atoms with Crippen molar-refractivity contribution in [2.24, 2.45) is 11.8 Å². The van der Waals surface area contributed by atoms with E-state index in [1.807, 2.05) is 6.92 Å². The van der Waals surface area contributed by atoms with Crippen LogP contribution in [-0.2, 0) is 16.0 Å². The number of rotatable bonds is 4. The predicted molar refractivity (Wildman–Crippen MR) is 82.3 cm³/mol. The zero-order chi connectivity index (χ0) is 16.1. The zero-order valence-electron chi connectivity index (χ0n) is 12.2. The van der Waals surface area contributed by atoms with Crippen LogP contribution in [0.25, 0.3) is 0 Å². The van der Waals surface area contributed by atoms with Crippen molar-refractivity contribution in [1.29, 1.82) is 0 Å². The van der Waals surface area contributed by atoms with E-state index in [1.165, 1.54) is 11.3 Å². The van der Waals surface area contributed by atoms with Crippen molar-refractivity contribution in [2.75, 3.05) is 0 Å². The lowest BCUT2D eigenvalue weighted by Gasteiger charge is -2.24. The summed E-state index contributed by atoms with van der Waals surface area (Å²) in [6, 6.07) is 1.77. The Labute approximate surface area is 132 Å². The molecule has 0 spiro atoms. The molecular formula is C15H18N2O4S. The number of hydrazine groups is 1. The van der Waals surface area contributed by atoms with Gasteiger partial charge in [-0.05, 0) is 25.3 Å². The number of nitrogens with one attached hydrogen (secondary N) is 2. The largest absolute Gasteiger partial charge is 0.481 e. The first-order valence-electron chi connectivity index (χ1n) is 7.08. The average Bonchev–Trinajstić information content (AvgIpc) is 3.01. The molecule has 1 aromatic rings. The Morgan fingerprint density at radius 2 is 1.91 bits per heavy atom. The number of hydrogen-bond donors (Lipinski definition) is 3. The van der Waals surface area contributed by atoms with E-state index in [-0.39, 0.29) is 0 Å².